The molecule has 0 bridgehead atoms. The number of hydrogen-bond donors (Lipinski definition) is 0. The van der Waals surface area contributed by atoms with Crippen molar-refractivity contribution in [3.05, 3.63) is 0 Å². The second-order valence-electron chi connectivity index (χ2n) is 5.18. The first-order valence-corrected chi connectivity index (χ1v) is 7.37. The normalized spacial score (nSPS) is 10.5. The number of esters is 2. The molecule has 0 rings (SSSR count). The molecule has 0 saturated heterocycles. The third-order valence-electron chi connectivity index (χ3n) is 2.71. The van der Waals surface area contributed by atoms with Crippen molar-refractivity contribution in [1.82, 2.24) is 0 Å². The molecule has 0 heterocycles. The molecule has 0 N–H and O–H groups in total. The van der Waals surface area contributed by atoms with Crippen molar-refractivity contribution in [3.8, 4) is 0 Å². The van der Waals surface area contributed by atoms with Crippen LogP contribution in [-0.4, -0.2) is 25.2 Å². The highest BCUT2D eigenvalue weighted by Crippen LogP contribution is 2.05. The van der Waals surface area contributed by atoms with Crippen LogP contribution in [0.2, 0.25) is 0 Å². The molecule has 0 saturated carbocycles. The van der Waals surface area contributed by atoms with Gasteiger partial charge in [-0.2, -0.15) is 0 Å². The zero-order chi connectivity index (χ0) is 14.5. The van der Waals surface area contributed by atoms with Gasteiger partial charge in [0.1, 0.15) is 0 Å². The van der Waals surface area contributed by atoms with Crippen LogP contribution in [0.15, 0.2) is 0 Å². The van der Waals surface area contributed by atoms with Gasteiger partial charge in [-0.25, -0.2) is 0 Å². The summed E-state index contributed by atoms with van der Waals surface area (Å²) in [5.41, 5.74) is 0. The third kappa shape index (κ3) is 13.2. The Morgan fingerprint density at radius 3 is 1.89 bits per heavy atom. The van der Waals surface area contributed by atoms with E-state index in [4.69, 9.17) is 9.47 Å². The predicted molar refractivity (Wildman–Crippen MR) is 74.7 cm³/mol. The molecule has 19 heavy (non-hydrogen) atoms. The van der Waals surface area contributed by atoms with Crippen LogP contribution < -0.4 is 0 Å². The Labute approximate surface area is 116 Å². The van der Waals surface area contributed by atoms with Gasteiger partial charge in [0.2, 0.25) is 0 Å². The van der Waals surface area contributed by atoms with E-state index < -0.39 is 0 Å². The molecule has 0 spiro atoms. The first-order valence-electron chi connectivity index (χ1n) is 7.37. The smallest absolute Gasteiger partial charge is 0.305 e. The van der Waals surface area contributed by atoms with E-state index in [2.05, 4.69) is 13.8 Å². The lowest BCUT2D eigenvalue weighted by Gasteiger charge is -2.06. The van der Waals surface area contributed by atoms with Gasteiger partial charge in [0.25, 0.3) is 0 Å². The Hall–Kier alpha value is -1.06. The van der Waals surface area contributed by atoms with Crippen molar-refractivity contribution >= 4 is 11.9 Å². The minimum Gasteiger partial charge on any atom is -0.466 e. The van der Waals surface area contributed by atoms with E-state index in [1.165, 1.54) is 0 Å². The highest BCUT2D eigenvalue weighted by molar-refractivity contribution is 5.72. The van der Waals surface area contributed by atoms with Crippen molar-refractivity contribution in [3.63, 3.8) is 0 Å². The summed E-state index contributed by atoms with van der Waals surface area (Å²) in [7, 11) is 0. The number of rotatable bonds is 11. The molecule has 0 amide bonds. The zero-order valence-electron chi connectivity index (χ0n) is 12.6. The summed E-state index contributed by atoms with van der Waals surface area (Å²) in [5.74, 6) is 0.197. The second-order valence-corrected chi connectivity index (χ2v) is 5.18. The molecule has 0 aliphatic carbocycles. The van der Waals surface area contributed by atoms with Crippen LogP contribution in [0.1, 0.15) is 65.7 Å². The lowest BCUT2D eigenvalue weighted by molar-refractivity contribution is -0.145. The molecule has 0 aromatic carbocycles. The highest BCUT2D eigenvalue weighted by Gasteiger charge is 2.07. The summed E-state index contributed by atoms with van der Waals surface area (Å²) in [6, 6.07) is 0. The number of ether oxygens (including phenoxy) is 2. The van der Waals surface area contributed by atoms with Crippen molar-refractivity contribution in [1.29, 1.82) is 0 Å². The molecule has 0 atom stereocenters. The van der Waals surface area contributed by atoms with Crippen LogP contribution >= 0.6 is 0 Å². The van der Waals surface area contributed by atoms with Gasteiger partial charge >= 0.3 is 11.9 Å². The maximum Gasteiger partial charge on any atom is 0.305 e. The molecule has 4 heteroatoms. The van der Waals surface area contributed by atoms with Gasteiger partial charge in [-0.05, 0) is 31.6 Å². The molecule has 0 unspecified atom stereocenters. The number of hydrogen-bond acceptors (Lipinski definition) is 4. The average Bonchev–Trinajstić information content (AvgIpc) is 2.35. The van der Waals surface area contributed by atoms with Crippen LogP contribution in [0.4, 0.5) is 0 Å². The Kier molecular flexibility index (Phi) is 11.3. The lowest BCUT2D eigenvalue weighted by Crippen LogP contribution is -2.09. The zero-order valence-corrected chi connectivity index (χ0v) is 12.6. The largest absolute Gasteiger partial charge is 0.466 e. The Bertz CT molecular complexity index is 249. The lowest BCUT2D eigenvalue weighted by atomic mass is 10.1. The van der Waals surface area contributed by atoms with Gasteiger partial charge in [-0.15, -0.1) is 0 Å². The van der Waals surface area contributed by atoms with Gasteiger partial charge in [0.15, 0.2) is 0 Å². The molecule has 0 aliphatic heterocycles. The number of carbonyl (C=O) groups is 2. The first-order chi connectivity index (χ1) is 9.06. The highest BCUT2D eigenvalue weighted by atomic mass is 16.5. The summed E-state index contributed by atoms with van der Waals surface area (Å²) in [6.07, 6.45) is 4.97. The quantitative estimate of drug-likeness (QED) is 0.427. The fourth-order valence-electron chi connectivity index (χ4n) is 1.53. The summed E-state index contributed by atoms with van der Waals surface area (Å²) in [4.78, 5) is 22.6. The molecular weight excluding hydrogens is 244 g/mol. The molecule has 0 aromatic rings. The van der Waals surface area contributed by atoms with Crippen molar-refractivity contribution in [2.45, 2.75) is 65.7 Å². The van der Waals surface area contributed by atoms with E-state index in [1.54, 1.807) is 0 Å². The first kappa shape index (κ1) is 17.9. The molecule has 112 valence electrons. The molecule has 4 nitrogen and oxygen atoms in total. The SMILES string of the molecule is CCCCOC(=O)CCCC(=O)OCCCC(C)C. The minimum absolute atomic E-state index is 0.217. The van der Waals surface area contributed by atoms with E-state index in [9.17, 15) is 9.59 Å². The Morgan fingerprint density at radius 1 is 0.895 bits per heavy atom. The van der Waals surface area contributed by atoms with E-state index in [1.807, 2.05) is 6.92 Å². The van der Waals surface area contributed by atoms with Gasteiger partial charge in [0, 0.05) is 12.8 Å². The van der Waals surface area contributed by atoms with E-state index in [0.29, 0.717) is 38.4 Å². The molecule has 0 aliphatic rings. The predicted octanol–water partition coefficient (Wildman–Crippen LogP) is 3.48. The Morgan fingerprint density at radius 2 is 1.42 bits per heavy atom. The number of unbranched alkanes of at least 4 members (excludes halogenated alkanes) is 1. The van der Waals surface area contributed by atoms with Gasteiger partial charge in [0.05, 0.1) is 13.2 Å². The minimum atomic E-state index is -0.221. The van der Waals surface area contributed by atoms with Crippen molar-refractivity contribution in [2.24, 2.45) is 5.92 Å². The summed E-state index contributed by atoms with van der Waals surface area (Å²) in [5, 5.41) is 0. The third-order valence-corrected chi connectivity index (χ3v) is 2.71. The van der Waals surface area contributed by atoms with E-state index >= 15 is 0 Å². The van der Waals surface area contributed by atoms with E-state index in [-0.39, 0.29) is 11.9 Å². The maximum absolute atomic E-state index is 11.4. The maximum atomic E-state index is 11.4. The Balaban J connectivity index is 3.39. The molecule has 0 radical (unpaired) electrons. The van der Waals surface area contributed by atoms with Crippen LogP contribution in [0.25, 0.3) is 0 Å². The van der Waals surface area contributed by atoms with Crippen LogP contribution in [0.5, 0.6) is 0 Å². The summed E-state index contributed by atoms with van der Waals surface area (Å²) in [6.45, 7) is 7.30. The number of carbonyl (C=O) groups excluding carboxylic acids is 2. The summed E-state index contributed by atoms with van der Waals surface area (Å²) < 4.78 is 10.1. The fourth-order valence-corrected chi connectivity index (χ4v) is 1.53. The van der Waals surface area contributed by atoms with Gasteiger partial charge in [-0.3, -0.25) is 9.59 Å². The van der Waals surface area contributed by atoms with Crippen molar-refractivity contribution in [2.75, 3.05) is 13.2 Å². The molecule has 0 aromatic heterocycles. The van der Waals surface area contributed by atoms with E-state index in [0.717, 1.165) is 25.7 Å². The van der Waals surface area contributed by atoms with Crippen molar-refractivity contribution < 1.29 is 19.1 Å². The molecule has 0 fully saturated rings. The monoisotopic (exact) mass is 272 g/mol. The van der Waals surface area contributed by atoms with Crippen LogP contribution in [0.3, 0.4) is 0 Å². The second kappa shape index (κ2) is 12.0. The average molecular weight is 272 g/mol. The van der Waals surface area contributed by atoms with Crippen LogP contribution in [-0.2, 0) is 19.1 Å². The summed E-state index contributed by atoms with van der Waals surface area (Å²) >= 11 is 0. The van der Waals surface area contributed by atoms with Crippen LogP contribution in [0, 0.1) is 5.92 Å². The molecular formula is C15H28O4. The fraction of sp³-hybridized carbons (Fsp3) is 0.867. The van der Waals surface area contributed by atoms with Gasteiger partial charge < -0.3 is 9.47 Å². The topological polar surface area (TPSA) is 52.6 Å². The standard InChI is InChI=1S/C15H28O4/c1-4-5-11-18-14(16)9-6-10-15(17)19-12-7-8-13(2)3/h13H,4-12H2,1-3H3. The van der Waals surface area contributed by atoms with Gasteiger partial charge in [-0.1, -0.05) is 27.2 Å².